The lowest BCUT2D eigenvalue weighted by Gasteiger charge is -2.07. The Bertz CT molecular complexity index is 597. The summed E-state index contributed by atoms with van der Waals surface area (Å²) >= 11 is 0. The van der Waals surface area contributed by atoms with E-state index in [0.29, 0.717) is 0 Å². The second kappa shape index (κ2) is 5.65. The third-order valence-electron chi connectivity index (χ3n) is 2.53. The Balaban J connectivity index is 2.50. The molecule has 18 heavy (non-hydrogen) atoms. The van der Waals surface area contributed by atoms with Gasteiger partial charge in [0.05, 0.1) is 18.9 Å². The fourth-order valence-corrected chi connectivity index (χ4v) is 1.68. The first-order valence-corrected chi connectivity index (χ1v) is 5.51. The van der Waals surface area contributed by atoms with Gasteiger partial charge in [-0.1, -0.05) is 18.2 Å². The molecule has 3 nitrogen and oxygen atoms in total. The number of methoxy groups -OCH3 is 1. The summed E-state index contributed by atoms with van der Waals surface area (Å²) in [5.74, 6) is 0.757. The average Bonchev–Trinajstić information content (AvgIpc) is 2.46. The van der Waals surface area contributed by atoms with E-state index in [1.54, 1.807) is 13.3 Å². The average molecular weight is 236 g/mol. The second-order valence-electron chi connectivity index (χ2n) is 3.63. The van der Waals surface area contributed by atoms with E-state index in [4.69, 9.17) is 10.00 Å². The van der Waals surface area contributed by atoms with E-state index in [2.05, 4.69) is 11.1 Å². The van der Waals surface area contributed by atoms with Gasteiger partial charge in [-0.3, -0.25) is 4.98 Å². The number of ether oxygens (including phenoxy) is 1. The third kappa shape index (κ3) is 2.55. The predicted molar refractivity (Wildman–Crippen MR) is 69.9 cm³/mol. The highest BCUT2D eigenvalue weighted by Gasteiger charge is 2.06. The number of aromatic nitrogens is 1. The molecule has 0 amide bonds. The molecule has 0 unspecified atom stereocenters. The fraction of sp³-hybridized carbons (Fsp3) is 0.0667. The molecular weight excluding hydrogens is 224 g/mol. The maximum Gasteiger partial charge on any atom is 0.119 e. The molecule has 0 saturated carbocycles. The Labute approximate surface area is 106 Å². The predicted octanol–water partition coefficient (Wildman–Crippen LogP) is 3.05. The van der Waals surface area contributed by atoms with E-state index in [-0.39, 0.29) is 0 Å². The number of hydrogen-bond donors (Lipinski definition) is 0. The van der Waals surface area contributed by atoms with E-state index >= 15 is 0 Å². The van der Waals surface area contributed by atoms with Crippen LogP contribution in [0.5, 0.6) is 5.75 Å². The number of allylic oxidation sites excluding steroid dienone is 1. The summed E-state index contributed by atoms with van der Waals surface area (Å²) in [6.45, 7) is 0. The topological polar surface area (TPSA) is 45.9 Å². The van der Waals surface area contributed by atoms with Gasteiger partial charge in [0.15, 0.2) is 0 Å². The molecule has 1 aromatic carbocycles. The Hall–Kier alpha value is -2.60. The van der Waals surface area contributed by atoms with E-state index in [1.165, 1.54) is 6.08 Å². The first kappa shape index (κ1) is 11.9. The zero-order valence-electron chi connectivity index (χ0n) is 10.00. The monoisotopic (exact) mass is 236 g/mol. The molecule has 0 bridgehead atoms. The molecular formula is C15H12N2O. The standard InChI is InChI=1S/C15H12N2O/c1-18-13-6-4-5-12(11-13)14(8-9-16)15-7-2-3-10-17-15/h2-8,10-11H,1H3/b14-8+. The second-order valence-corrected chi connectivity index (χ2v) is 3.63. The van der Waals surface area contributed by atoms with Gasteiger partial charge in [0.2, 0.25) is 0 Å². The maximum absolute atomic E-state index is 8.90. The van der Waals surface area contributed by atoms with Crippen LogP contribution in [0.25, 0.3) is 5.57 Å². The van der Waals surface area contributed by atoms with Crippen molar-refractivity contribution in [3.63, 3.8) is 0 Å². The van der Waals surface area contributed by atoms with Crippen LogP contribution in [-0.4, -0.2) is 12.1 Å². The minimum atomic E-state index is 0.757. The van der Waals surface area contributed by atoms with Gasteiger partial charge in [-0.25, -0.2) is 0 Å². The number of nitriles is 1. The maximum atomic E-state index is 8.90. The molecule has 2 rings (SSSR count). The number of benzene rings is 1. The molecule has 0 saturated heterocycles. The van der Waals surface area contributed by atoms with Crippen molar-refractivity contribution in [2.45, 2.75) is 0 Å². The van der Waals surface area contributed by atoms with Crippen molar-refractivity contribution in [2.24, 2.45) is 0 Å². The Morgan fingerprint density at radius 3 is 2.83 bits per heavy atom. The van der Waals surface area contributed by atoms with Crippen LogP contribution in [0.1, 0.15) is 11.3 Å². The van der Waals surface area contributed by atoms with Crippen molar-refractivity contribution < 1.29 is 4.74 Å². The van der Waals surface area contributed by atoms with Crippen LogP contribution in [-0.2, 0) is 0 Å². The molecule has 0 aliphatic carbocycles. The molecule has 3 heteroatoms. The molecule has 0 radical (unpaired) electrons. The van der Waals surface area contributed by atoms with Gasteiger partial charge in [0, 0.05) is 17.8 Å². The highest BCUT2D eigenvalue weighted by atomic mass is 16.5. The van der Waals surface area contributed by atoms with Crippen molar-refractivity contribution in [2.75, 3.05) is 7.11 Å². The van der Waals surface area contributed by atoms with Crippen molar-refractivity contribution in [1.29, 1.82) is 5.26 Å². The number of rotatable bonds is 3. The largest absolute Gasteiger partial charge is 0.497 e. The summed E-state index contributed by atoms with van der Waals surface area (Å²) in [4.78, 5) is 4.27. The summed E-state index contributed by atoms with van der Waals surface area (Å²) in [6.07, 6.45) is 3.21. The lowest BCUT2D eigenvalue weighted by molar-refractivity contribution is 0.414. The summed E-state index contributed by atoms with van der Waals surface area (Å²) in [6, 6.07) is 15.3. The highest BCUT2D eigenvalue weighted by molar-refractivity contribution is 5.79. The number of hydrogen-bond acceptors (Lipinski definition) is 3. The summed E-state index contributed by atoms with van der Waals surface area (Å²) in [5.41, 5.74) is 2.47. The number of nitrogens with zero attached hydrogens (tertiary/aromatic N) is 2. The number of pyridine rings is 1. The van der Waals surface area contributed by atoms with E-state index in [0.717, 1.165) is 22.6 Å². The molecule has 0 N–H and O–H groups in total. The van der Waals surface area contributed by atoms with Crippen LogP contribution >= 0.6 is 0 Å². The molecule has 2 aromatic rings. The van der Waals surface area contributed by atoms with Crippen LogP contribution in [0.4, 0.5) is 0 Å². The minimum Gasteiger partial charge on any atom is -0.497 e. The van der Waals surface area contributed by atoms with Gasteiger partial charge in [-0.15, -0.1) is 0 Å². The first-order chi connectivity index (χ1) is 8.85. The van der Waals surface area contributed by atoms with Gasteiger partial charge >= 0.3 is 0 Å². The third-order valence-corrected chi connectivity index (χ3v) is 2.53. The van der Waals surface area contributed by atoms with Gasteiger partial charge in [0.25, 0.3) is 0 Å². The van der Waals surface area contributed by atoms with E-state index in [9.17, 15) is 0 Å². The molecule has 0 aliphatic heterocycles. The van der Waals surface area contributed by atoms with Crippen molar-refractivity contribution in [3.8, 4) is 11.8 Å². The lowest BCUT2D eigenvalue weighted by Crippen LogP contribution is -1.92. The normalized spacial score (nSPS) is 10.8. The Morgan fingerprint density at radius 2 is 2.17 bits per heavy atom. The van der Waals surface area contributed by atoms with Crippen molar-refractivity contribution in [3.05, 3.63) is 66.0 Å². The molecule has 0 fully saturated rings. The molecule has 0 aliphatic rings. The highest BCUT2D eigenvalue weighted by Crippen LogP contribution is 2.24. The fourth-order valence-electron chi connectivity index (χ4n) is 1.68. The van der Waals surface area contributed by atoms with Gasteiger partial charge in [-0.05, 0) is 29.8 Å². The van der Waals surface area contributed by atoms with Crippen LogP contribution in [0.15, 0.2) is 54.7 Å². The van der Waals surface area contributed by atoms with Gasteiger partial charge in [-0.2, -0.15) is 5.26 Å². The Morgan fingerprint density at radius 1 is 1.28 bits per heavy atom. The van der Waals surface area contributed by atoms with Gasteiger partial charge in [0.1, 0.15) is 5.75 Å². The van der Waals surface area contributed by atoms with Crippen LogP contribution < -0.4 is 4.74 Å². The molecule has 1 heterocycles. The van der Waals surface area contributed by atoms with Crippen LogP contribution in [0.2, 0.25) is 0 Å². The minimum absolute atomic E-state index is 0.757. The summed E-state index contributed by atoms with van der Waals surface area (Å²) in [7, 11) is 1.62. The van der Waals surface area contributed by atoms with Crippen molar-refractivity contribution >= 4 is 5.57 Å². The van der Waals surface area contributed by atoms with Gasteiger partial charge < -0.3 is 4.74 Å². The van der Waals surface area contributed by atoms with Crippen LogP contribution in [0.3, 0.4) is 0 Å². The quantitative estimate of drug-likeness (QED) is 0.769. The van der Waals surface area contributed by atoms with Crippen molar-refractivity contribution in [1.82, 2.24) is 4.98 Å². The molecule has 1 aromatic heterocycles. The molecule has 88 valence electrons. The summed E-state index contributed by atoms with van der Waals surface area (Å²) < 4.78 is 5.19. The molecule has 0 atom stereocenters. The van der Waals surface area contributed by atoms with E-state index < -0.39 is 0 Å². The van der Waals surface area contributed by atoms with E-state index in [1.807, 2.05) is 42.5 Å². The zero-order valence-corrected chi connectivity index (χ0v) is 10.00. The lowest BCUT2D eigenvalue weighted by atomic mass is 10.0. The zero-order chi connectivity index (χ0) is 12.8. The Kier molecular flexibility index (Phi) is 3.72. The first-order valence-electron chi connectivity index (χ1n) is 5.51. The van der Waals surface area contributed by atoms with Crippen LogP contribution in [0, 0.1) is 11.3 Å². The molecule has 0 spiro atoms. The SMILES string of the molecule is COc1cccc(/C(=C\C#N)c2ccccn2)c1. The summed E-state index contributed by atoms with van der Waals surface area (Å²) in [5, 5.41) is 8.90. The smallest absolute Gasteiger partial charge is 0.119 e.